The van der Waals surface area contributed by atoms with Crippen molar-refractivity contribution in [3.05, 3.63) is 35.4 Å². The minimum atomic E-state index is 0.0622. The lowest BCUT2D eigenvalue weighted by molar-refractivity contribution is -0.122. The van der Waals surface area contributed by atoms with Crippen LogP contribution in [0.5, 0.6) is 0 Å². The van der Waals surface area contributed by atoms with Crippen molar-refractivity contribution in [3.63, 3.8) is 0 Å². The Labute approximate surface area is 121 Å². The summed E-state index contributed by atoms with van der Waals surface area (Å²) in [6.07, 6.45) is 2.49. The number of likely N-dealkylation sites (N-methyl/N-ethyl adjacent to an activating group) is 1. The number of aryl methyl sites for hydroxylation is 1. The summed E-state index contributed by atoms with van der Waals surface area (Å²) in [6.45, 7) is 3.70. The quantitative estimate of drug-likeness (QED) is 0.788. The van der Waals surface area contributed by atoms with Crippen LogP contribution in [0.15, 0.2) is 24.3 Å². The first-order valence-electron chi connectivity index (χ1n) is 7.32. The summed E-state index contributed by atoms with van der Waals surface area (Å²) in [5, 5.41) is 2.97. The van der Waals surface area contributed by atoms with Crippen molar-refractivity contribution >= 4 is 5.91 Å². The molecule has 1 unspecified atom stereocenters. The first kappa shape index (κ1) is 15.0. The van der Waals surface area contributed by atoms with E-state index in [9.17, 15) is 4.79 Å². The summed E-state index contributed by atoms with van der Waals surface area (Å²) >= 11 is 0. The van der Waals surface area contributed by atoms with Gasteiger partial charge in [-0.1, -0.05) is 29.8 Å². The minimum absolute atomic E-state index is 0.0622. The van der Waals surface area contributed by atoms with Crippen LogP contribution in [-0.4, -0.2) is 37.0 Å². The average molecular weight is 275 g/mol. The standard InChI is InChI=1S/C16H25N3O/c1-12-3-5-13(6-4-12)10-18-16(20)11-19(2)15(9-17)14-7-8-14/h3-6,14-15H,7-11,17H2,1-2H3,(H,18,20). The summed E-state index contributed by atoms with van der Waals surface area (Å²) in [4.78, 5) is 14.0. The SMILES string of the molecule is Cc1ccc(CNC(=O)CN(C)C(CN)C2CC2)cc1. The summed E-state index contributed by atoms with van der Waals surface area (Å²) in [5.41, 5.74) is 8.16. The Morgan fingerprint density at radius 2 is 2.05 bits per heavy atom. The number of carbonyl (C=O) groups excluding carboxylic acids is 1. The molecule has 0 aliphatic heterocycles. The van der Waals surface area contributed by atoms with Crippen LogP contribution in [0.25, 0.3) is 0 Å². The molecule has 1 aromatic rings. The molecule has 1 atom stereocenters. The third-order valence-corrected chi connectivity index (χ3v) is 3.98. The zero-order valence-electron chi connectivity index (χ0n) is 12.4. The van der Waals surface area contributed by atoms with Crippen molar-refractivity contribution < 1.29 is 4.79 Å². The normalized spacial score (nSPS) is 16.2. The molecule has 110 valence electrons. The summed E-state index contributed by atoms with van der Waals surface area (Å²) in [5.74, 6) is 0.752. The maximum absolute atomic E-state index is 12.0. The van der Waals surface area contributed by atoms with E-state index in [1.54, 1.807) is 0 Å². The summed E-state index contributed by atoms with van der Waals surface area (Å²) in [6, 6.07) is 8.56. The second-order valence-corrected chi connectivity index (χ2v) is 5.82. The predicted molar refractivity (Wildman–Crippen MR) is 81.2 cm³/mol. The van der Waals surface area contributed by atoms with Gasteiger partial charge in [0.15, 0.2) is 0 Å². The van der Waals surface area contributed by atoms with Crippen molar-refractivity contribution in [2.45, 2.75) is 32.4 Å². The number of hydrogen-bond donors (Lipinski definition) is 2. The minimum Gasteiger partial charge on any atom is -0.351 e. The molecule has 0 heterocycles. The average Bonchev–Trinajstić information content (AvgIpc) is 3.23. The highest BCUT2D eigenvalue weighted by molar-refractivity contribution is 5.78. The van der Waals surface area contributed by atoms with E-state index < -0.39 is 0 Å². The molecule has 0 bridgehead atoms. The van der Waals surface area contributed by atoms with E-state index in [2.05, 4.69) is 29.3 Å². The fourth-order valence-corrected chi connectivity index (χ4v) is 2.52. The van der Waals surface area contributed by atoms with E-state index in [4.69, 9.17) is 5.73 Å². The van der Waals surface area contributed by atoms with Crippen LogP contribution < -0.4 is 11.1 Å². The van der Waals surface area contributed by atoms with Crippen molar-refractivity contribution in [2.75, 3.05) is 20.1 Å². The second-order valence-electron chi connectivity index (χ2n) is 5.82. The van der Waals surface area contributed by atoms with Gasteiger partial charge in [-0.05, 0) is 38.3 Å². The maximum Gasteiger partial charge on any atom is 0.234 e. The zero-order valence-corrected chi connectivity index (χ0v) is 12.4. The van der Waals surface area contributed by atoms with Gasteiger partial charge in [-0.3, -0.25) is 9.69 Å². The monoisotopic (exact) mass is 275 g/mol. The predicted octanol–water partition coefficient (Wildman–Crippen LogP) is 1.28. The number of amides is 1. The summed E-state index contributed by atoms with van der Waals surface area (Å²) in [7, 11) is 1.99. The van der Waals surface area contributed by atoms with E-state index >= 15 is 0 Å². The lowest BCUT2D eigenvalue weighted by atomic mass is 10.1. The van der Waals surface area contributed by atoms with Gasteiger partial charge in [0.1, 0.15) is 0 Å². The van der Waals surface area contributed by atoms with Crippen molar-refractivity contribution in [1.29, 1.82) is 0 Å². The van der Waals surface area contributed by atoms with E-state index in [-0.39, 0.29) is 5.91 Å². The fraction of sp³-hybridized carbons (Fsp3) is 0.562. The number of nitrogens with one attached hydrogen (secondary N) is 1. The van der Waals surface area contributed by atoms with Crippen LogP contribution in [0, 0.1) is 12.8 Å². The molecular formula is C16H25N3O. The van der Waals surface area contributed by atoms with Gasteiger partial charge in [-0.25, -0.2) is 0 Å². The Bertz CT molecular complexity index is 440. The number of nitrogens with two attached hydrogens (primary N) is 1. The highest BCUT2D eigenvalue weighted by Crippen LogP contribution is 2.34. The van der Waals surface area contributed by atoms with Crippen LogP contribution in [0.1, 0.15) is 24.0 Å². The van der Waals surface area contributed by atoms with E-state index in [1.165, 1.54) is 18.4 Å². The van der Waals surface area contributed by atoms with Crippen molar-refractivity contribution in [1.82, 2.24) is 10.2 Å². The molecule has 0 spiro atoms. The Morgan fingerprint density at radius 1 is 1.40 bits per heavy atom. The lowest BCUT2D eigenvalue weighted by Crippen LogP contribution is -2.44. The van der Waals surface area contributed by atoms with Gasteiger partial charge in [0.25, 0.3) is 0 Å². The maximum atomic E-state index is 12.0. The Kier molecular flexibility index (Phi) is 5.15. The molecule has 0 radical (unpaired) electrons. The molecule has 4 heteroatoms. The highest BCUT2D eigenvalue weighted by atomic mass is 16.2. The van der Waals surface area contributed by atoms with Gasteiger partial charge < -0.3 is 11.1 Å². The molecule has 1 fully saturated rings. The number of hydrogen-bond acceptors (Lipinski definition) is 3. The first-order chi connectivity index (χ1) is 9.60. The lowest BCUT2D eigenvalue weighted by Gasteiger charge is -2.26. The Morgan fingerprint density at radius 3 is 2.60 bits per heavy atom. The third-order valence-electron chi connectivity index (χ3n) is 3.98. The van der Waals surface area contributed by atoms with Gasteiger partial charge in [-0.2, -0.15) is 0 Å². The first-order valence-corrected chi connectivity index (χ1v) is 7.32. The van der Waals surface area contributed by atoms with Crippen LogP contribution in [0.4, 0.5) is 0 Å². The molecule has 3 N–H and O–H groups in total. The van der Waals surface area contributed by atoms with Crippen molar-refractivity contribution in [3.8, 4) is 0 Å². The van der Waals surface area contributed by atoms with Crippen LogP contribution in [0.3, 0.4) is 0 Å². The summed E-state index contributed by atoms with van der Waals surface area (Å²) < 4.78 is 0. The molecule has 2 rings (SSSR count). The van der Waals surface area contributed by atoms with Crippen LogP contribution in [0.2, 0.25) is 0 Å². The molecule has 20 heavy (non-hydrogen) atoms. The molecule has 1 aromatic carbocycles. The molecule has 0 saturated heterocycles. The van der Waals surface area contributed by atoms with Crippen LogP contribution in [-0.2, 0) is 11.3 Å². The fourth-order valence-electron chi connectivity index (χ4n) is 2.52. The Hall–Kier alpha value is -1.39. The number of carbonyl (C=O) groups is 1. The number of nitrogens with zero attached hydrogens (tertiary/aromatic N) is 1. The van der Waals surface area contributed by atoms with E-state index in [1.807, 2.05) is 19.2 Å². The van der Waals surface area contributed by atoms with Gasteiger partial charge in [0.2, 0.25) is 5.91 Å². The zero-order chi connectivity index (χ0) is 14.5. The Balaban J connectivity index is 1.75. The third kappa shape index (κ3) is 4.32. The molecule has 1 saturated carbocycles. The molecule has 1 aliphatic rings. The van der Waals surface area contributed by atoms with E-state index in [0.717, 1.165) is 5.56 Å². The van der Waals surface area contributed by atoms with E-state index in [0.29, 0.717) is 31.6 Å². The molecule has 0 aromatic heterocycles. The van der Waals surface area contributed by atoms with Crippen molar-refractivity contribution in [2.24, 2.45) is 11.7 Å². The van der Waals surface area contributed by atoms with Gasteiger partial charge in [0, 0.05) is 19.1 Å². The molecule has 1 amide bonds. The number of benzene rings is 1. The van der Waals surface area contributed by atoms with Gasteiger partial charge >= 0.3 is 0 Å². The van der Waals surface area contributed by atoms with Crippen LogP contribution >= 0.6 is 0 Å². The smallest absolute Gasteiger partial charge is 0.234 e. The molecule has 1 aliphatic carbocycles. The molecule has 4 nitrogen and oxygen atoms in total. The highest BCUT2D eigenvalue weighted by Gasteiger charge is 2.33. The topological polar surface area (TPSA) is 58.4 Å². The van der Waals surface area contributed by atoms with Gasteiger partial charge in [-0.15, -0.1) is 0 Å². The molecular weight excluding hydrogens is 250 g/mol. The number of rotatable bonds is 7. The van der Waals surface area contributed by atoms with Gasteiger partial charge in [0.05, 0.1) is 6.54 Å². The second kappa shape index (κ2) is 6.86. The largest absolute Gasteiger partial charge is 0.351 e.